The quantitative estimate of drug-likeness (QED) is 0.772. The molecule has 0 aliphatic heterocycles. The van der Waals surface area contributed by atoms with E-state index in [1.165, 1.54) is 11.1 Å². The van der Waals surface area contributed by atoms with E-state index in [1.807, 2.05) is 14.0 Å². The molecule has 0 fully saturated rings. The van der Waals surface area contributed by atoms with Gasteiger partial charge in [-0.3, -0.25) is 0 Å². The molecule has 2 aromatic rings. The second-order valence-electron chi connectivity index (χ2n) is 5.04. The highest BCUT2D eigenvalue weighted by Gasteiger charge is 2.06. The Bertz CT molecular complexity index is 606. The number of unbranched alkanes of at least 4 members (excludes halogenated alkanes) is 1. The third-order valence-electron chi connectivity index (χ3n) is 3.45. The molecule has 0 saturated carbocycles. The molecule has 4 heteroatoms. The molecule has 1 aromatic carbocycles. The maximum Gasteiger partial charge on any atom is 0.106 e. The molecule has 1 aromatic heterocycles. The van der Waals surface area contributed by atoms with Gasteiger partial charge in [-0.1, -0.05) is 6.07 Å². The van der Waals surface area contributed by atoms with Crippen LogP contribution in [0.3, 0.4) is 0 Å². The molecule has 0 atom stereocenters. The van der Waals surface area contributed by atoms with Crippen LogP contribution in [0, 0.1) is 18.3 Å². The monoisotopic (exact) mass is 256 g/mol. The first-order chi connectivity index (χ1) is 9.11. The normalized spacial score (nSPS) is 11.1. The van der Waals surface area contributed by atoms with Crippen molar-refractivity contribution in [3.8, 4) is 6.07 Å². The number of hydrogen-bond donors (Lipinski definition) is 0. The van der Waals surface area contributed by atoms with E-state index in [2.05, 4.69) is 45.8 Å². The van der Waals surface area contributed by atoms with Crippen LogP contribution in [-0.4, -0.2) is 28.0 Å². The van der Waals surface area contributed by atoms with Crippen molar-refractivity contribution in [2.45, 2.75) is 26.3 Å². The number of imidazole rings is 1. The fourth-order valence-electron chi connectivity index (χ4n) is 2.28. The molecule has 4 nitrogen and oxygen atoms in total. The molecule has 0 radical (unpaired) electrons. The summed E-state index contributed by atoms with van der Waals surface area (Å²) in [5.74, 6) is 1.04. The van der Waals surface area contributed by atoms with Crippen molar-refractivity contribution in [1.82, 2.24) is 14.5 Å². The van der Waals surface area contributed by atoms with Crippen LogP contribution in [0.2, 0.25) is 0 Å². The van der Waals surface area contributed by atoms with E-state index in [4.69, 9.17) is 5.26 Å². The summed E-state index contributed by atoms with van der Waals surface area (Å²) in [4.78, 5) is 6.80. The van der Waals surface area contributed by atoms with Crippen molar-refractivity contribution < 1.29 is 0 Å². The number of aromatic nitrogens is 2. The van der Waals surface area contributed by atoms with Gasteiger partial charge in [0.1, 0.15) is 5.82 Å². The zero-order chi connectivity index (χ0) is 13.8. The molecule has 0 spiro atoms. The second-order valence-corrected chi connectivity index (χ2v) is 5.04. The highest BCUT2D eigenvalue weighted by molar-refractivity contribution is 5.76. The third-order valence-corrected chi connectivity index (χ3v) is 3.45. The molecular weight excluding hydrogens is 236 g/mol. The van der Waals surface area contributed by atoms with Gasteiger partial charge in [0.15, 0.2) is 0 Å². The molecule has 2 rings (SSSR count). The number of hydrogen-bond acceptors (Lipinski definition) is 3. The van der Waals surface area contributed by atoms with Crippen LogP contribution in [0.4, 0.5) is 0 Å². The first-order valence-electron chi connectivity index (χ1n) is 6.59. The van der Waals surface area contributed by atoms with E-state index in [-0.39, 0.29) is 0 Å². The Balaban J connectivity index is 2.07. The molecular formula is C15H20N4. The predicted molar refractivity (Wildman–Crippen MR) is 76.6 cm³/mol. The number of benzene rings is 1. The lowest BCUT2D eigenvalue weighted by Gasteiger charge is -2.15. The molecule has 0 aliphatic carbocycles. The Labute approximate surface area is 114 Å². The fraction of sp³-hybridized carbons (Fsp3) is 0.467. The third kappa shape index (κ3) is 3.12. The average molecular weight is 256 g/mol. The molecule has 0 unspecified atom stereocenters. The van der Waals surface area contributed by atoms with E-state index in [0.717, 1.165) is 30.9 Å². The van der Waals surface area contributed by atoms with Gasteiger partial charge >= 0.3 is 0 Å². The van der Waals surface area contributed by atoms with Crippen LogP contribution in [0.5, 0.6) is 0 Å². The van der Waals surface area contributed by atoms with E-state index in [9.17, 15) is 0 Å². The lowest BCUT2D eigenvalue weighted by Crippen LogP contribution is -2.18. The largest absolute Gasteiger partial charge is 0.331 e. The summed E-state index contributed by atoms with van der Waals surface area (Å²) >= 11 is 0. The van der Waals surface area contributed by atoms with Crippen molar-refractivity contribution >= 4 is 11.0 Å². The smallest absolute Gasteiger partial charge is 0.106 e. The van der Waals surface area contributed by atoms with Crippen molar-refractivity contribution in [2.75, 3.05) is 13.6 Å². The summed E-state index contributed by atoms with van der Waals surface area (Å²) in [7, 11) is 4.13. The van der Waals surface area contributed by atoms with E-state index < -0.39 is 0 Å². The number of aryl methyl sites for hydroxylation is 2. The summed E-state index contributed by atoms with van der Waals surface area (Å²) in [5, 5.41) is 8.54. The van der Waals surface area contributed by atoms with Gasteiger partial charge < -0.3 is 9.47 Å². The van der Waals surface area contributed by atoms with E-state index in [0.29, 0.717) is 6.42 Å². The summed E-state index contributed by atoms with van der Waals surface area (Å²) in [6, 6.07) is 8.63. The molecule has 19 heavy (non-hydrogen) atoms. The highest BCUT2D eigenvalue weighted by Crippen LogP contribution is 2.17. The van der Waals surface area contributed by atoms with Gasteiger partial charge in [0.25, 0.3) is 0 Å². The Morgan fingerprint density at radius 3 is 2.95 bits per heavy atom. The maximum atomic E-state index is 8.54. The molecule has 100 valence electrons. The van der Waals surface area contributed by atoms with Gasteiger partial charge in [-0.05, 0) is 44.6 Å². The van der Waals surface area contributed by atoms with E-state index >= 15 is 0 Å². The minimum atomic E-state index is 0.628. The molecule has 0 amide bonds. The van der Waals surface area contributed by atoms with Gasteiger partial charge in [0.05, 0.1) is 17.1 Å². The van der Waals surface area contributed by atoms with Crippen molar-refractivity contribution in [3.05, 3.63) is 29.6 Å². The molecule has 0 saturated heterocycles. The van der Waals surface area contributed by atoms with Crippen molar-refractivity contribution in [3.63, 3.8) is 0 Å². The van der Waals surface area contributed by atoms with Crippen LogP contribution in [0.25, 0.3) is 11.0 Å². The van der Waals surface area contributed by atoms with Crippen molar-refractivity contribution in [1.29, 1.82) is 5.26 Å². The predicted octanol–water partition coefficient (Wildman–Crippen LogP) is 2.62. The minimum absolute atomic E-state index is 0.628. The average Bonchev–Trinajstić information content (AvgIpc) is 2.65. The number of nitrogens with zero attached hydrogens (tertiary/aromatic N) is 4. The fourth-order valence-corrected chi connectivity index (χ4v) is 2.28. The highest BCUT2D eigenvalue weighted by atomic mass is 15.1. The summed E-state index contributed by atoms with van der Waals surface area (Å²) in [6.07, 6.45) is 1.56. The minimum Gasteiger partial charge on any atom is -0.331 e. The summed E-state index contributed by atoms with van der Waals surface area (Å²) < 4.78 is 2.11. The van der Waals surface area contributed by atoms with Crippen LogP contribution in [-0.2, 0) is 13.6 Å². The van der Waals surface area contributed by atoms with Gasteiger partial charge in [0.2, 0.25) is 0 Å². The zero-order valence-electron chi connectivity index (χ0n) is 11.8. The number of fused-ring (bicyclic) bond motifs is 1. The van der Waals surface area contributed by atoms with Gasteiger partial charge in [-0.15, -0.1) is 0 Å². The van der Waals surface area contributed by atoms with Crippen LogP contribution in [0.15, 0.2) is 18.2 Å². The topological polar surface area (TPSA) is 44.9 Å². The Morgan fingerprint density at radius 1 is 1.42 bits per heavy atom. The lowest BCUT2D eigenvalue weighted by atomic mass is 10.2. The summed E-state index contributed by atoms with van der Waals surface area (Å²) in [5.41, 5.74) is 3.50. The number of nitriles is 1. The SMILES string of the molecule is Cc1nc2cc(CN(C)CCCC#N)ccc2n1C. The Kier molecular flexibility index (Phi) is 4.18. The number of rotatable bonds is 5. The van der Waals surface area contributed by atoms with Crippen molar-refractivity contribution in [2.24, 2.45) is 7.05 Å². The van der Waals surface area contributed by atoms with E-state index in [1.54, 1.807) is 0 Å². The molecule has 0 bridgehead atoms. The Hall–Kier alpha value is -1.86. The standard InChI is InChI=1S/C15H20N4/c1-12-17-14-10-13(6-7-15(14)19(12)3)11-18(2)9-5-4-8-16/h6-7,10H,4-5,9,11H2,1-3H3. The van der Waals surface area contributed by atoms with Crippen LogP contribution in [0.1, 0.15) is 24.2 Å². The van der Waals surface area contributed by atoms with Gasteiger partial charge in [0, 0.05) is 20.0 Å². The maximum absolute atomic E-state index is 8.54. The molecule has 0 aliphatic rings. The lowest BCUT2D eigenvalue weighted by molar-refractivity contribution is 0.324. The first kappa shape index (κ1) is 13.6. The molecule has 0 N–H and O–H groups in total. The first-order valence-corrected chi connectivity index (χ1v) is 6.59. The van der Waals surface area contributed by atoms with Gasteiger partial charge in [-0.25, -0.2) is 4.98 Å². The van der Waals surface area contributed by atoms with Crippen LogP contribution < -0.4 is 0 Å². The van der Waals surface area contributed by atoms with Gasteiger partial charge in [-0.2, -0.15) is 5.26 Å². The summed E-state index contributed by atoms with van der Waals surface area (Å²) in [6.45, 7) is 3.87. The zero-order valence-corrected chi connectivity index (χ0v) is 11.8. The molecule has 1 heterocycles. The van der Waals surface area contributed by atoms with Crippen LogP contribution >= 0.6 is 0 Å². The Morgan fingerprint density at radius 2 is 2.21 bits per heavy atom. The second kappa shape index (κ2) is 5.85.